The van der Waals surface area contributed by atoms with Crippen LogP contribution in [0.4, 0.5) is 4.79 Å². The molecule has 2 saturated heterocycles. The molecule has 0 bridgehead atoms. The highest BCUT2D eigenvalue weighted by atomic mass is 16.5. The minimum Gasteiger partial charge on any atom is -0.381 e. The zero-order valence-electron chi connectivity index (χ0n) is 14.4. The third-order valence-corrected chi connectivity index (χ3v) is 5.33. The van der Waals surface area contributed by atoms with Crippen LogP contribution in [0.15, 0.2) is 0 Å². The molecule has 2 fully saturated rings. The van der Waals surface area contributed by atoms with Gasteiger partial charge in [0.2, 0.25) is 0 Å². The maximum absolute atomic E-state index is 12.2. The van der Waals surface area contributed by atoms with Gasteiger partial charge in [0.05, 0.1) is 0 Å². The minimum atomic E-state index is 0.116. The lowest BCUT2D eigenvalue weighted by molar-refractivity contribution is -0.0145. The van der Waals surface area contributed by atoms with Crippen LogP contribution >= 0.6 is 0 Å². The van der Waals surface area contributed by atoms with Crippen molar-refractivity contribution in [3.8, 4) is 0 Å². The first-order chi connectivity index (χ1) is 10.7. The highest BCUT2D eigenvalue weighted by Gasteiger charge is 2.37. The number of ether oxygens (including phenoxy) is 1. The number of piperidine rings is 1. The molecule has 0 aromatic heterocycles. The Labute approximate surface area is 135 Å². The predicted molar refractivity (Wildman–Crippen MR) is 89.1 cm³/mol. The van der Waals surface area contributed by atoms with Crippen molar-refractivity contribution in [2.24, 2.45) is 5.41 Å². The van der Waals surface area contributed by atoms with Crippen molar-refractivity contribution in [3.63, 3.8) is 0 Å². The smallest absolute Gasteiger partial charge is 0.317 e. The molecule has 2 amide bonds. The molecule has 2 rings (SSSR count). The van der Waals surface area contributed by atoms with E-state index in [2.05, 4.69) is 24.2 Å². The number of amides is 2. The van der Waals surface area contributed by atoms with Crippen molar-refractivity contribution in [2.75, 3.05) is 53.0 Å². The number of likely N-dealkylation sites (N-methyl/N-ethyl adjacent to an activating group) is 1. The number of hydrogen-bond donors (Lipinski definition) is 1. The summed E-state index contributed by atoms with van der Waals surface area (Å²) in [5, 5.41) is 3.07. The normalized spacial score (nSPS) is 21.3. The molecule has 1 spiro atoms. The van der Waals surface area contributed by atoms with Crippen LogP contribution in [0.1, 0.15) is 45.4 Å². The quantitative estimate of drug-likeness (QED) is 0.819. The Balaban J connectivity index is 1.62. The van der Waals surface area contributed by atoms with Crippen molar-refractivity contribution < 1.29 is 9.53 Å². The first-order valence-electron chi connectivity index (χ1n) is 8.94. The fourth-order valence-corrected chi connectivity index (χ4v) is 3.49. The van der Waals surface area contributed by atoms with E-state index in [0.717, 1.165) is 58.8 Å². The first-order valence-corrected chi connectivity index (χ1v) is 8.94. The molecule has 22 heavy (non-hydrogen) atoms. The van der Waals surface area contributed by atoms with Crippen molar-refractivity contribution in [1.29, 1.82) is 0 Å². The van der Waals surface area contributed by atoms with E-state index in [9.17, 15) is 4.79 Å². The second kappa shape index (κ2) is 8.73. The van der Waals surface area contributed by atoms with Gasteiger partial charge in [-0.1, -0.05) is 13.3 Å². The molecule has 2 aliphatic heterocycles. The average molecular weight is 311 g/mol. The van der Waals surface area contributed by atoms with Crippen molar-refractivity contribution in [2.45, 2.75) is 45.4 Å². The number of likely N-dealkylation sites (tertiary alicyclic amines) is 1. The summed E-state index contributed by atoms with van der Waals surface area (Å²) < 4.78 is 5.48. The second-order valence-corrected chi connectivity index (χ2v) is 6.99. The van der Waals surface area contributed by atoms with Crippen LogP contribution < -0.4 is 5.32 Å². The number of carbonyl (C=O) groups is 1. The molecule has 128 valence electrons. The molecule has 0 saturated carbocycles. The molecule has 5 nitrogen and oxygen atoms in total. The van der Waals surface area contributed by atoms with E-state index in [1.54, 1.807) is 0 Å². The number of urea groups is 1. The van der Waals surface area contributed by atoms with Gasteiger partial charge in [-0.25, -0.2) is 4.79 Å². The monoisotopic (exact) mass is 311 g/mol. The Kier molecular flexibility index (Phi) is 6.96. The van der Waals surface area contributed by atoms with Gasteiger partial charge in [0.1, 0.15) is 0 Å². The number of rotatable bonds is 6. The lowest BCUT2D eigenvalue weighted by Gasteiger charge is -2.44. The van der Waals surface area contributed by atoms with Gasteiger partial charge in [0, 0.05) is 39.4 Å². The summed E-state index contributed by atoms with van der Waals surface area (Å²) in [6.07, 6.45) is 7.06. The van der Waals surface area contributed by atoms with Crippen LogP contribution in [0.3, 0.4) is 0 Å². The molecule has 0 radical (unpaired) electrons. The summed E-state index contributed by atoms with van der Waals surface area (Å²) in [7, 11) is 2.12. The van der Waals surface area contributed by atoms with Crippen LogP contribution in [-0.2, 0) is 4.74 Å². The maximum Gasteiger partial charge on any atom is 0.317 e. The van der Waals surface area contributed by atoms with Crippen LogP contribution in [-0.4, -0.2) is 68.8 Å². The Morgan fingerprint density at radius 2 is 1.86 bits per heavy atom. The van der Waals surface area contributed by atoms with Gasteiger partial charge in [0.15, 0.2) is 0 Å². The fourth-order valence-electron chi connectivity index (χ4n) is 3.49. The Morgan fingerprint density at radius 3 is 2.50 bits per heavy atom. The lowest BCUT2D eigenvalue weighted by Crippen LogP contribution is -2.49. The summed E-state index contributed by atoms with van der Waals surface area (Å²) in [5.74, 6) is 0. The van der Waals surface area contributed by atoms with Crippen LogP contribution in [0.25, 0.3) is 0 Å². The van der Waals surface area contributed by atoms with Gasteiger partial charge >= 0.3 is 6.03 Å². The molecule has 1 N–H and O–H groups in total. The topological polar surface area (TPSA) is 44.8 Å². The van der Waals surface area contributed by atoms with Gasteiger partial charge in [-0.05, 0) is 51.1 Å². The van der Waals surface area contributed by atoms with Crippen molar-refractivity contribution in [3.05, 3.63) is 0 Å². The van der Waals surface area contributed by atoms with E-state index >= 15 is 0 Å². The minimum absolute atomic E-state index is 0.116. The predicted octanol–water partition coefficient (Wildman–Crippen LogP) is 2.32. The molecule has 0 aliphatic carbocycles. The number of hydrogen-bond acceptors (Lipinski definition) is 3. The number of carbonyl (C=O) groups excluding carboxylic acids is 1. The van der Waals surface area contributed by atoms with Gasteiger partial charge < -0.3 is 19.9 Å². The average Bonchev–Trinajstić information content (AvgIpc) is 2.54. The Morgan fingerprint density at radius 1 is 1.18 bits per heavy atom. The molecular weight excluding hydrogens is 278 g/mol. The molecule has 0 aromatic rings. The van der Waals surface area contributed by atoms with Gasteiger partial charge in [0.25, 0.3) is 0 Å². The van der Waals surface area contributed by atoms with Crippen LogP contribution in [0.2, 0.25) is 0 Å². The first kappa shape index (κ1) is 17.5. The fraction of sp³-hybridized carbons (Fsp3) is 0.941. The molecule has 2 aliphatic rings. The standard InChI is InChI=1S/C17H33N3O2/c1-3-4-10-19(2)13-9-18-16(21)20-11-5-17(6-12-20)7-14-22-15-8-17/h3-15H2,1-2H3,(H,18,21). The second-order valence-electron chi connectivity index (χ2n) is 6.99. The van der Waals surface area contributed by atoms with Crippen molar-refractivity contribution >= 4 is 6.03 Å². The van der Waals surface area contributed by atoms with E-state index in [4.69, 9.17) is 4.74 Å². The third-order valence-electron chi connectivity index (χ3n) is 5.33. The highest BCUT2D eigenvalue weighted by molar-refractivity contribution is 5.74. The van der Waals surface area contributed by atoms with Crippen molar-refractivity contribution in [1.82, 2.24) is 15.1 Å². The van der Waals surface area contributed by atoms with E-state index < -0.39 is 0 Å². The van der Waals surface area contributed by atoms with E-state index in [-0.39, 0.29) is 6.03 Å². The summed E-state index contributed by atoms with van der Waals surface area (Å²) in [4.78, 5) is 16.5. The zero-order chi connectivity index (χ0) is 15.8. The zero-order valence-corrected chi connectivity index (χ0v) is 14.4. The lowest BCUT2D eigenvalue weighted by atomic mass is 9.72. The summed E-state index contributed by atoms with van der Waals surface area (Å²) in [6.45, 7) is 8.59. The highest BCUT2D eigenvalue weighted by Crippen LogP contribution is 2.40. The van der Waals surface area contributed by atoms with Crippen LogP contribution in [0, 0.1) is 5.41 Å². The van der Waals surface area contributed by atoms with Gasteiger partial charge in [-0.3, -0.25) is 0 Å². The third kappa shape index (κ3) is 5.13. The van der Waals surface area contributed by atoms with Gasteiger partial charge in [-0.15, -0.1) is 0 Å². The summed E-state index contributed by atoms with van der Waals surface area (Å²) in [6, 6.07) is 0.116. The molecule has 0 unspecified atom stereocenters. The Hall–Kier alpha value is -0.810. The number of unbranched alkanes of at least 4 members (excludes halogenated alkanes) is 1. The number of nitrogens with one attached hydrogen (secondary N) is 1. The molecule has 0 atom stereocenters. The molecular formula is C17H33N3O2. The number of nitrogens with zero attached hydrogens (tertiary/aromatic N) is 2. The van der Waals surface area contributed by atoms with E-state index in [0.29, 0.717) is 5.41 Å². The van der Waals surface area contributed by atoms with E-state index in [1.807, 2.05) is 4.90 Å². The molecule has 5 heteroatoms. The maximum atomic E-state index is 12.2. The van der Waals surface area contributed by atoms with Crippen LogP contribution in [0.5, 0.6) is 0 Å². The van der Waals surface area contributed by atoms with E-state index in [1.165, 1.54) is 25.7 Å². The largest absolute Gasteiger partial charge is 0.381 e. The Bertz CT molecular complexity index is 333. The molecule has 0 aromatic carbocycles. The summed E-state index contributed by atoms with van der Waals surface area (Å²) in [5.41, 5.74) is 0.454. The SMILES string of the molecule is CCCCN(C)CCNC(=O)N1CCC2(CCOCC2)CC1. The molecule has 2 heterocycles. The van der Waals surface area contributed by atoms with Gasteiger partial charge in [-0.2, -0.15) is 0 Å². The summed E-state index contributed by atoms with van der Waals surface area (Å²) >= 11 is 0.